The van der Waals surface area contributed by atoms with Gasteiger partial charge < -0.3 is 19.1 Å². The van der Waals surface area contributed by atoms with Gasteiger partial charge in [0, 0.05) is 36.7 Å². The average molecular weight is 486 g/mol. The molecule has 1 aliphatic heterocycles. The monoisotopic (exact) mass is 485 g/mol. The number of rotatable bonds is 10. The Kier molecular flexibility index (Phi) is 6.60. The van der Waals surface area contributed by atoms with Gasteiger partial charge in [0.05, 0.1) is 25.6 Å². The number of hydrogen-bond donors (Lipinski definition) is 0. The quantitative estimate of drug-likeness (QED) is 0.380. The van der Waals surface area contributed by atoms with Crippen LogP contribution >= 0.6 is 0 Å². The van der Waals surface area contributed by atoms with Crippen molar-refractivity contribution >= 4 is 11.4 Å². The molecule has 5 rings (SSSR count). The van der Waals surface area contributed by atoms with Gasteiger partial charge in [-0.2, -0.15) is 8.78 Å². The van der Waals surface area contributed by atoms with Crippen molar-refractivity contribution in [3.8, 4) is 28.5 Å². The van der Waals surface area contributed by atoms with E-state index in [1.165, 1.54) is 13.2 Å². The summed E-state index contributed by atoms with van der Waals surface area (Å²) in [5, 5.41) is 0. The number of fused-ring (bicyclic) bond motifs is 1. The fraction of sp³-hybridized carbons (Fsp3) is 0.462. The zero-order valence-corrected chi connectivity index (χ0v) is 19.9. The lowest BCUT2D eigenvalue weighted by Crippen LogP contribution is -2.17. The first kappa shape index (κ1) is 23.5. The molecule has 1 atom stereocenters. The van der Waals surface area contributed by atoms with Gasteiger partial charge in [0.2, 0.25) is 0 Å². The molecule has 2 aromatic heterocycles. The zero-order chi connectivity index (χ0) is 24.5. The fourth-order valence-corrected chi connectivity index (χ4v) is 4.69. The molecular formula is C26H29F2N3O4. The van der Waals surface area contributed by atoms with E-state index in [1.54, 1.807) is 12.3 Å². The summed E-state index contributed by atoms with van der Waals surface area (Å²) in [6.07, 6.45) is 6.85. The predicted octanol–water partition coefficient (Wildman–Crippen LogP) is 4.92. The van der Waals surface area contributed by atoms with Crippen molar-refractivity contribution in [2.45, 2.75) is 32.3 Å². The Morgan fingerprint density at radius 3 is 2.66 bits per heavy atom. The molecule has 9 heteroatoms. The number of ether oxygens (including phenoxy) is 3. The minimum Gasteiger partial charge on any atom is -0.496 e. The number of pyridine rings is 1. The number of aromatic nitrogens is 2. The summed E-state index contributed by atoms with van der Waals surface area (Å²) < 4.78 is 44.6. The molecule has 186 valence electrons. The molecule has 7 nitrogen and oxygen atoms in total. The van der Waals surface area contributed by atoms with E-state index in [0.29, 0.717) is 41.8 Å². The SMILES string of the molecule is COc1cc(-c2cnc3cc(OCC4CCN(C)C4)ccn23)cc(OC(F)F)c1C(=O)CC1CC1. The van der Waals surface area contributed by atoms with Gasteiger partial charge in [-0.15, -0.1) is 0 Å². The Morgan fingerprint density at radius 1 is 1.17 bits per heavy atom. The second kappa shape index (κ2) is 9.81. The lowest BCUT2D eigenvalue weighted by atomic mass is 10.00. The number of carbonyl (C=O) groups is 1. The van der Waals surface area contributed by atoms with Crippen LogP contribution in [0.1, 0.15) is 36.0 Å². The molecule has 0 spiro atoms. The lowest BCUT2D eigenvalue weighted by Gasteiger charge is -2.16. The minimum atomic E-state index is -3.07. The second-order valence-corrected chi connectivity index (χ2v) is 9.46. The highest BCUT2D eigenvalue weighted by atomic mass is 19.3. The maximum Gasteiger partial charge on any atom is 0.387 e. The van der Waals surface area contributed by atoms with E-state index >= 15 is 0 Å². The first-order valence-electron chi connectivity index (χ1n) is 11.9. The van der Waals surface area contributed by atoms with Gasteiger partial charge in [-0.05, 0) is 57.0 Å². The Hall–Kier alpha value is -3.20. The van der Waals surface area contributed by atoms with Gasteiger partial charge >= 0.3 is 6.61 Å². The summed E-state index contributed by atoms with van der Waals surface area (Å²) in [5.74, 6) is 1.31. The van der Waals surface area contributed by atoms with Crippen LogP contribution in [0, 0.1) is 11.8 Å². The van der Waals surface area contributed by atoms with Crippen LogP contribution in [0.3, 0.4) is 0 Å². The van der Waals surface area contributed by atoms with E-state index in [0.717, 1.165) is 38.1 Å². The van der Waals surface area contributed by atoms with Crippen LogP contribution in [0.25, 0.3) is 16.9 Å². The third-order valence-corrected chi connectivity index (χ3v) is 6.71. The number of alkyl halides is 2. The van der Waals surface area contributed by atoms with Crippen molar-refractivity contribution in [1.29, 1.82) is 0 Å². The summed E-state index contributed by atoms with van der Waals surface area (Å²) in [4.78, 5) is 19.6. The summed E-state index contributed by atoms with van der Waals surface area (Å²) in [7, 11) is 3.53. The van der Waals surface area contributed by atoms with Crippen molar-refractivity contribution in [3.05, 3.63) is 42.2 Å². The molecule has 0 amide bonds. The maximum atomic E-state index is 13.2. The Labute approximate surface area is 202 Å². The van der Waals surface area contributed by atoms with Crippen molar-refractivity contribution in [1.82, 2.24) is 14.3 Å². The van der Waals surface area contributed by atoms with Crippen molar-refractivity contribution in [2.75, 3.05) is 33.9 Å². The number of nitrogens with zero attached hydrogens (tertiary/aromatic N) is 3. The zero-order valence-electron chi connectivity index (χ0n) is 19.9. The number of likely N-dealkylation sites (tertiary alicyclic amines) is 1. The van der Waals surface area contributed by atoms with Gasteiger partial charge in [0.15, 0.2) is 5.78 Å². The molecule has 1 aliphatic carbocycles. The minimum absolute atomic E-state index is 0.0607. The molecule has 1 saturated carbocycles. The number of halogens is 2. The normalized spacial score (nSPS) is 18.4. The summed E-state index contributed by atoms with van der Waals surface area (Å²) in [6, 6.07) is 6.84. The van der Waals surface area contributed by atoms with Crippen molar-refractivity contribution < 1.29 is 27.8 Å². The lowest BCUT2D eigenvalue weighted by molar-refractivity contribution is -0.0502. The molecule has 3 heterocycles. The highest BCUT2D eigenvalue weighted by molar-refractivity contribution is 6.02. The van der Waals surface area contributed by atoms with E-state index < -0.39 is 6.61 Å². The molecule has 2 fully saturated rings. The summed E-state index contributed by atoms with van der Waals surface area (Å²) in [6.45, 7) is -0.304. The van der Waals surface area contributed by atoms with Crippen LogP contribution in [0.4, 0.5) is 8.78 Å². The first-order chi connectivity index (χ1) is 16.9. The number of carbonyl (C=O) groups excluding carboxylic acids is 1. The topological polar surface area (TPSA) is 65.3 Å². The van der Waals surface area contributed by atoms with E-state index in [2.05, 4.69) is 16.9 Å². The Bertz CT molecular complexity index is 1220. The molecule has 0 radical (unpaired) electrons. The number of ketones is 1. The van der Waals surface area contributed by atoms with E-state index in [-0.39, 0.29) is 22.8 Å². The average Bonchev–Trinajstić information content (AvgIpc) is 3.38. The number of imidazole rings is 1. The number of benzene rings is 1. The third-order valence-electron chi connectivity index (χ3n) is 6.71. The van der Waals surface area contributed by atoms with E-state index in [1.807, 2.05) is 22.7 Å². The van der Waals surface area contributed by atoms with Gasteiger partial charge in [-0.25, -0.2) is 4.98 Å². The predicted molar refractivity (Wildman–Crippen MR) is 127 cm³/mol. The summed E-state index contributed by atoms with van der Waals surface area (Å²) in [5.41, 5.74) is 1.92. The second-order valence-electron chi connectivity index (χ2n) is 9.46. The molecule has 35 heavy (non-hydrogen) atoms. The van der Waals surface area contributed by atoms with Crippen LogP contribution in [-0.4, -0.2) is 60.5 Å². The first-order valence-corrected chi connectivity index (χ1v) is 11.9. The molecule has 0 N–H and O–H groups in total. The van der Waals surface area contributed by atoms with E-state index in [9.17, 15) is 13.6 Å². The van der Waals surface area contributed by atoms with Crippen molar-refractivity contribution in [3.63, 3.8) is 0 Å². The molecule has 1 saturated heterocycles. The molecule has 3 aromatic rings. The molecule has 0 bridgehead atoms. The van der Waals surface area contributed by atoms with Gasteiger partial charge in [0.25, 0.3) is 0 Å². The highest BCUT2D eigenvalue weighted by Crippen LogP contribution is 2.40. The third kappa shape index (κ3) is 5.24. The number of Topliss-reactive ketones (excluding diaryl/α,β-unsaturated/α-hetero) is 1. The molecular weight excluding hydrogens is 456 g/mol. The standard InChI is InChI=1S/C26H29F2N3O4/c1-30-7-5-17(14-30)15-34-19-6-8-31-20(13-29-24(31)12-19)18-10-22(33-2)25(21(32)9-16-3-4-16)23(11-18)35-26(27)28/h6,8,10-13,16-17,26H,3-5,7,9,14-15H2,1-2H3. The van der Waals surface area contributed by atoms with Crippen LogP contribution < -0.4 is 14.2 Å². The molecule has 1 aromatic carbocycles. The maximum absolute atomic E-state index is 13.2. The van der Waals surface area contributed by atoms with Crippen LogP contribution in [0.5, 0.6) is 17.2 Å². The van der Waals surface area contributed by atoms with Crippen LogP contribution in [0.2, 0.25) is 0 Å². The van der Waals surface area contributed by atoms with Gasteiger partial charge in [0.1, 0.15) is 28.5 Å². The number of methoxy groups -OCH3 is 1. The van der Waals surface area contributed by atoms with Gasteiger partial charge in [-0.1, -0.05) is 0 Å². The highest BCUT2D eigenvalue weighted by Gasteiger charge is 2.30. The Balaban J connectivity index is 1.44. The summed E-state index contributed by atoms with van der Waals surface area (Å²) >= 11 is 0. The van der Waals surface area contributed by atoms with E-state index in [4.69, 9.17) is 14.2 Å². The smallest absolute Gasteiger partial charge is 0.387 e. The van der Waals surface area contributed by atoms with Crippen LogP contribution in [0.15, 0.2) is 36.7 Å². The van der Waals surface area contributed by atoms with Crippen LogP contribution in [-0.2, 0) is 0 Å². The molecule has 2 aliphatic rings. The Morgan fingerprint density at radius 2 is 1.97 bits per heavy atom. The molecule has 1 unspecified atom stereocenters. The van der Waals surface area contributed by atoms with Gasteiger partial charge in [-0.3, -0.25) is 9.20 Å². The van der Waals surface area contributed by atoms with Crippen molar-refractivity contribution in [2.24, 2.45) is 11.8 Å². The number of hydrogen-bond acceptors (Lipinski definition) is 6. The fourth-order valence-electron chi connectivity index (χ4n) is 4.69. The largest absolute Gasteiger partial charge is 0.496 e.